The molecular weight excluding hydrogens is 186 g/mol. The first-order valence-corrected chi connectivity index (χ1v) is 5.07. The monoisotopic (exact) mass is 201 g/mol. The SMILES string of the molecule is CC(C)(C)c1ccnc2c(O)cccc12. The second kappa shape index (κ2) is 3.23. The summed E-state index contributed by atoms with van der Waals surface area (Å²) in [7, 11) is 0. The number of rotatable bonds is 0. The van der Waals surface area contributed by atoms with Gasteiger partial charge < -0.3 is 5.11 Å². The minimum Gasteiger partial charge on any atom is -0.506 e. The van der Waals surface area contributed by atoms with E-state index < -0.39 is 0 Å². The molecule has 2 nitrogen and oxygen atoms in total. The van der Waals surface area contributed by atoms with Crippen LogP contribution in [0.15, 0.2) is 30.5 Å². The molecule has 0 spiro atoms. The van der Waals surface area contributed by atoms with E-state index >= 15 is 0 Å². The Hall–Kier alpha value is -1.57. The zero-order chi connectivity index (χ0) is 11.1. The molecule has 0 unspecified atom stereocenters. The summed E-state index contributed by atoms with van der Waals surface area (Å²) in [5, 5.41) is 10.7. The van der Waals surface area contributed by atoms with Crippen LogP contribution < -0.4 is 0 Å². The van der Waals surface area contributed by atoms with Gasteiger partial charge in [0.15, 0.2) is 0 Å². The van der Waals surface area contributed by atoms with Crippen molar-refractivity contribution in [1.82, 2.24) is 4.98 Å². The smallest absolute Gasteiger partial charge is 0.141 e. The minimum atomic E-state index is 0.0645. The second-order valence-corrected chi connectivity index (χ2v) is 4.78. The fourth-order valence-corrected chi connectivity index (χ4v) is 1.81. The van der Waals surface area contributed by atoms with Crippen LogP contribution in [0.2, 0.25) is 0 Å². The predicted octanol–water partition coefficient (Wildman–Crippen LogP) is 3.24. The van der Waals surface area contributed by atoms with Crippen LogP contribution in [0.3, 0.4) is 0 Å². The number of hydrogen-bond donors (Lipinski definition) is 1. The number of nitrogens with zero attached hydrogens (tertiary/aromatic N) is 1. The molecule has 78 valence electrons. The topological polar surface area (TPSA) is 33.1 Å². The maximum absolute atomic E-state index is 9.70. The van der Waals surface area contributed by atoms with E-state index in [0.717, 1.165) is 5.39 Å². The van der Waals surface area contributed by atoms with Crippen molar-refractivity contribution in [3.05, 3.63) is 36.0 Å². The lowest BCUT2D eigenvalue weighted by molar-refractivity contribution is 0.480. The summed E-state index contributed by atoms with van der Waals surface area (Å²) in [6, 6.07) is 7.54. The standard InChI is InChI=1S/C13H15NO/c1-13(2,3)10-7-8-14-12-9(10)5-4-6-11(12)15/h4-8,15H,1-3H3. The van der Waals surface area contributed by atoms with Crippen LogP contribution in [-0.2, 0) is 5.41 Å². The normalized spacial score (nSPS) is 11.9. The molecular formula is C13H15NO. The van der Waals surface area contributed by atoms with Gasteiger partial charge in [-0.05, 0) is 23.1 Å². The van der Waals surface area contributed by atoms with Crippen LogP contribution in [0.1, 0.15) is 26.3 Å². The third-order valence-corrected chi connectivity index (χ3v) is 2.56. The summed E-state index contributed by atoms with van der Waals surface area (Å²) in [6.45, 7) is 6.48. The first-order chi connectivity index (χ1) is 7.00. The van der Waals surface area contributed by atoms with Crippen LogP contribution in [0.4, 0.5) is 0 Å². The Labute approximate surface area is 89.6 Å². The molecule has 2 aromatic rings. The Kier molecular flexibility index (Phi) is 2.14. The maximum atomic E-state index is 9.70. The van der Waals surface area contributed by atoms with Crippen molar-refractivity contribution < 1.29 is 5.11 Å². The van der Waals surface area contributed by atoms with Gasteiger partial charge in [-0.3, -0.25) is 4.98 Å². The molecule has 1 heterocycles. The molecule has 0 aliphatic rings. The minimum absolute atomic E-state index is 0.0645. The fourth-order valence-electron chi connectivity index (χ4n) is 1.81. The van der Waals surface area contributed by atoms with Crippen molar-refractivity contribution in [3.63, 3.8) is 0 Å². The molecule has 0 fully saturated rings. The van der Waals surface area contributed by atoms with Crippen molar-refractivity contribution in [1.29, 1.82) is 0 Å². The number of phenols is 1. The molecule has 0 amide bonds. The molecule has 0 aliphatic heterocycles. The number of para-hydroxylation sites is 1. The highest BCUT2D eigenvalue weighted by Crippen LogP contribution is 2.31. The van der Waals surface area contributed by atoms with Gasteiger partial charge >= 0.3 is 0 Å². The van der Waals surface area contributed by atoms with E-state index in [1.807, 2.05) is 18.2 Å². The molecule has 0 saturated carbocycles. The Morgan fingerprint density at radius 1 is 1.13 bits per heavy atom. The van der Waals surface area contributed by atoms with Crippen LogP contribution in [-0.4, -0.2) is 10.1 Å². The summed E-state index contributed by atoms with van der Waals surface area (Å²) < 4.78 is 0. The van der Waals surface area contributed by atoms with Crippen LogP contribution in [0.25, 0.3) is 10.9 Å². The fraction of sp³-hybridized carbons (Fsp3) is 0.308. The average molecular weight is 201 g/mol. The Morgan fingerprint density at radius 3 is 2.53 bits per heavy atom. The second-order valence-electron chi connectivity index (χ2n) is 4.78. The van der Waals surface area contributed by atoms with E-state index in [4.69, 9.17) is 0 Å². The van der Waals surface area contributed by atoms with Crippen molar-refractivity contribution >= 4 is 10.9 Å². The number of hydrogen-bond acceptors (Lipinski definition) is 2. The van der Waals surface area contributed by atoms with Gasteiger partial charge in [-0.25, -0.2) is 0 Å². The van der Waals surface area contributed by atoms with Crippen molar-refractivity contribution in [2.24, 2.45) is 0 Å². The van der Waals surface area contributed by atoms with E-state index in [-0.39, 0.29) is 11.2 Å². The molecule has 0 bridgehead atoms. The average Bonchev–Trinajstić information content (AvgIpc) is 2.16. The van der Waals surface area contributed by atoms with E-state index in [1.165, 1.54) is 5.56 Å². The molecule has 1 aromatic heterocycles. The summed E-state index contributed by atoms with van der Waals surface area (Å²) in [6.07, 6.45) is 1.75. The first kappa shape index (κ1) is 9.97. The molecule has 0 atom stereocenters. The largest absolute Gasteiger partial charge is 0.506 e. The predicted molar refractivity (Wildman–Crippen MR) is 62.1 cm³/mol. The molecule has 0 aliphatic carbocycles. The summed E-state index contributed by atoms with van der Waals surface area (Å²) >= 11 is 0. The zero-order valence-electron chi connectivity index (χ0n) is 9.28. The number of benzene rings is 1. The van der Waals surface area contributed by atoms with Crippen molar-refractivity contribution in [3.8, 4) is 5.75 Å². The van der Waals surface area contributed by atoms with Crippen LogP contribution in [0.5, 0.6) is 5.75 Å². The molecule has 1 aromatic carbocycles. The molecule has 2 rings (SSSR count). The number of aromatic hydroxyl groups is 1. The summed E-state index contributed by atoms with van der Waals surface area (Å²) in [4.78, 5) is 4.20. The van der Waals surface area contributed by atoms with E-state index in [0.29, 0.717) is 5.52 Å². The molecule has 1 N–H and O–H groups in total. The van der Waals surface area contributed by atoms with Gasteiger partial charge in [0.2, 0.25) is 0 Å². The van der Waals surface area contributed by atoms with E-state index in [9.17, 15) is 5.11 Å². The van der Waals surface area contributed by atoms with Crippen molar-refractivity contribution in [2.75, 3.05) is 0 Å². The van der Waals surface area contributed by atoms with Gasteiger partial charge in [0, 0.05) is 11.6 Å². The van der Waals surface area contributed by atoms with Gasteiger partial charge in [-0.1, -0.05) is 32.9 Å². The number of aromatic nitrogens is 1. The van der Waals surface area contributed by atoms with Gasteiger partial charge in [-0.2, -0.15) is 0 Å². The molecule has 15 heavy (non-hydrogen) atoms. The van der Waals surface area contributed by atoms with Crippen LogP contribution in [0, 0.1) is 0 Å². The van der Waals surface area contributed by atoms with Gasteiger partial charge in [-0.15, -0.1) is 0 Å². The highest BCUT2D eigenvalue weighted by Gasteiger charge is 2.17. The quantitative estimate of drug-likeness (QED) is 0.709. The lowest BCUT2D eigenvalue weighted by atomic mass is 9.85. The van der Waals surface area contributed by atoms with Crippen LogP contribution >= 0.6 is 0 Å². The van der Waals surface area contributed by atoms with E-state index in [1.54, 1.807) is 12.3 Å². The number of phenolic OH excluding ortho intramolecular Hbond substituents is 1. The third kappa shape index (κ3) is 1.67. The van der Waals surface area contributed by atoms with Gasteiger partial charge in [0.05, 0.1) is 0 Å². The maximum Gasteiger partial charge on any atom is 0.141 e. The Morgan fingerprint density at radius 2 is 1.87 bits per heavy atom. The van der Waals surface area contributed by atoms with Crippen molar-refractivity contribution in [2.45, 2.75) is 26.2 Å². The summed E-state index contributed by atoms with van der Waals surface area (Å²) in [5.41, 5.74) is 1.96. The number of pyridine rings is 1. The Bertz CT molecular complexity index is 497. The lowest BCUT2D eigenvalue weighted by Crippen LogP contribution is -2.11. The molecule has 2 heteroatoms. The van der Waals surface area contributed by atoms with Gasteiger partial charge in [0.1, 0.15) is 11.3 Å². The van der Waals surface area contributed by atoms with E-state index in [2.05, 4.69) is 25.8 Å². The third-order valence-electron chi connectivity index (χ3n) is 2.56. The summed E-state index contributed by atoms with van der Waals surface area (Å²) in [5.74, 6) is 0.249. The highest BCUT2D eigenvalue weighted by molar-refractivity contribution is 5.87. The lowest BCUT2D eigenvalue weighted by Gasteiger charge is -2.20. The first-order valence-electron chi connectivity index (χ1n) is 5.07. The molecule has 0 saturated heterocycles. The zero-order valence-corrected chi connectivity index (χ0v) is 9.28. The Balaban J connectivity index is 2.83. The number of fused-ring (bicyclic) bond motifs is 1. The molecule has 0 radical (unpaired) electrons. The van der Waals surface area contributed by atoms with Gasteiger partial charge in [0.25, 0.3) is 0 Å². The highest BCUT2D eigenvalue weighted by atomic mass is 16.3.